The standard InChI is InChI=1S/C15H19ClN2O3/c1-10-5-4-7-12(16)14(10)17-15(21)18-8-3-2-6-11(18)9-13(19)20/h4-5,7,11H,2-3,6,8-9H2,1H3,(H,17,21)(H,19,20). The van der Waals surface area contributed by atoms with E-state index in [1.807, 2.05) is 19.1 Å². The van der Waals surface area contributed by atoms with Gasteiger partial charge in [-0.3, -0.25) is 4.79 Å². The number of benzene rings is 1. The predicted molar refractivity (Wildman–Crippen MR) is 81.8 cm³/mol. The van der Waals surface area contributed by atoms with Crippen LogP contribution in [-0.4, -0.2) is 34.6 Å². The van der Waals surface area contributed by atoms with Gasteiger partial charge in [0.15, 0.2) is 0 Å². The Morgan fingerprint density at radius 3 is 2.86 bits per heavy atom. The molecule has 0 saturated carbocycles. The van der Waals surface area contributed by atoms with Gasteiger partial charge in [-0.15, -0.1) is 0 Å². The molecule has 1 aromatic rings. The van der Waals surface area contributed by atoms with E-state index < -0.39 is 5.97 Å². The Labute approximate surface area is 128 Å². The van der Waals surface area contributed by atoms with Crippen molar-refractivity contribution in [1.82, 2.24) is 4.90 Å². The number of likely N-dealkylation sites (tertiary alicyclic amines) is 1. The molecule has 1 aliphatic heterocycles. The minimum atomic E-state index is -0.881. The molecule has 0 aliphatic carbocycles. The molecular formula is C15H19ClN2O3. The molecular weight excluding hydrogens is 292 g/mol. The topological polar surface area (TPSA) is 69.6 Å². The van der Waals surface area contributed by atoms with Crippen LogP contribution in [0.15, 0.2) is 18.2 Å². The number of carboxylic acids is 1. The van der Waals surface area contributed by atoms with Crippen molar-refractivity contribution in [3.63, 3.8) is 0 Å². The summed E-state index contributed by atoms with van der Waals surface area (Å²) in [5.74, 6) is -0.881. The molecule has 21 heavy (non-hydrogen) atoms. The van der Waals surface area contributed by atoms with Crippen molar-refractivity contribution in [2.75, 3.05) is 11.9 Å². The minimum absolute atomic E-state index is 0.0189. The molecule has 1 atom stereocenters. The number of hydrogen-bond donors (Lipinski definition) is 2. The maximum absolute atomic E-state index is 12.4. The number of aryl methyl sites for hydroxylation is 1. The van der Waals surface area contributed by atoms with Gasteiger partial charge in [-0.1, -0.05) is 23.7 Å². The van der Waals surface area contributed by atoms with Crippen LogP contribution in [0, 0.1) is 6.92 Å². The maximum atomic E-state index is 12.4. The van der Waals surface area contributed by atoms with E-state index in [9.17, 15) is 9.59 Å². The lowest BCUT2D eigenvalue weighted by atomic mass is 10.00. The summed E-state index contributed by atoms with van der Waals surface area (Å²) in [5, 5.41) is 12.3. The smallest absolute Gasteiger partial charge is 0.322 e. The van der Waals surface area contributed by atoms with Crippen LogP contribution in [0.5, 0.6) is 0 Å². The zero-order valence-electron chi connectivity index (χ0n) is 11.9. The van der Waals surface area contributed by atoms with Gasteiger partial charge in [-0.05, 0) is 37.8 Å². The fourth-order valence-corrected chi connectivity index (χ4v) is 2.92. The molecule has 0 radical (unpaired) electrons. The number of rotatable bonds is 3. The first kappa shape index (κ1) is 15.6. The summed E-state index contributed by atoms with van der Waals surface area (Å²) >= 11 is 6.11. The largest absolute Gasteiger partial charge is 0.481 e. The van der Waals surface area contributed by atoms with Gasteiger partial charge in [-0.25, -0.2) is 4.79 Å². The Morgan fingerprint density at radius 2 is 2.19 bits per heavy atom. The van der Waals surface area contributed by atoms with E-state index in [4.69, 9.17) is 16.7 Å². The number of nitrogens with one attached hydrogen (secondary N) is 1. The van der Waals surface area contributed by atoms with E-state index in [1.54, 1.807) is 11.0 Å². The predicted octanol–water partition coefficient (Wildman–Crippen LogP) is 3.51. The van der Waals surface area contributed by atoms with Gasteiger partial charge in [0.25, 0.3) is 0 Å². The second-order valence-electron chi connectivity index (χ2n) is 5.30. The molecule has 6 heteroatoms. The lowest BCUT2D eigenvalue weighted by Gasteiger charge is -2.35. The quantitative estimate of drug-likeness (QED) is 0.897. The SMILES string of the molecule is Cc1cccc(Cl)c1NC(=O)N1CCCCC1CC(=O)O. The van der Waals surface area contributed by atoms with Crippen LogP contribution >= 0.6 is 11.6 Å². The Balaban J connectivity index is 2.12. The zero-order valence-corrected chi connectivity index (χ0v) is 12.7. The summed E-state index contributed by atoms with van der Waals surface area (Å²) < 4.78 is 0. The van der Waals surface area contributed by atoms with Gasteiger partial charge in [0.2, 0.25) is 0 Å². The third kappa shape index (κ3) is 3.88. The number of hydrogen-bond acceptors (Lipinski definition) is 2. The first-order chi connectivity index (χ1) is 9.99. The summed E-state index contributed by atoms with van der Waals surface area (Å²) in [6, 6.07) is 4.87. The van der Waals surface area contributed by atoms with E-state index >= 15 is 0 Å². The number of urea groups is 1. The van der Waals surface area contributed by atoms with Gasteiger partial charge in [0.05, 0.1) is 17.1 Å². The molecule has 2 N–H and O–H groups in total. The van der Waals surface area contributed by atoms with Gasteiger partial charge in [-0.2, -0.15) is 0 Å². The Hall–Kier alpha value is -1.75. The highest BCUT2D eigenvalue weighted by atomic mass is 35.5. The van der Waals surface area contributed by atoms with Gasteiger partial charge in [0.1, 0.15) is 0 Å². The van der Waals surface area contributed by atoms with Crippen LogP contribution in [0.2, 0.25) is 5.02 Å². The van der Waals surface area contributed by atoms with Crippen LogP contribution in [0.1, 0.15) is 31.2 Å². The molecule has 1 unspecified atom stereocenters. The number of amides is 2. The maximum Gasteiger partial charge on any atom is 0.322 e. The number of carbonyl (C=O) groups excluding carboxylic acids is 1. The summed E-state index contributed by atoms with van der Waals surface area (Å²) in [7, 11) is 0. The molecule has 0 bridgehead atoms. The molecule has 1 fully saturated rings. The molecule has 2 amide bonds. The number of carbonyl (C=O) groups is 2. The summed E-state index contributed by atoms with van der Waals surface area (Å²) in [6.07, 6.45) is 2.55. The third-order valence-corrected chi connectivity index (χ3v) is 4.07. The normalized spacial score (nSPS) is 18.4. The number of aliphatic carboxylic acids is 1. The highest BCUT2D eigenvalue weighted by molar-refractivity contribution is 6.33. The van der Waals surface area contributed by atoms with Crippen molar-refractivity contribution >= 4 is 29.3 Å². The monoisotopic (exact) mass is 310 g/mol. The van der Waals surface area contributed by atoms with E-state index in [-0.39, 0.29) is 18.5 Å². The zero-order chi connectivity index (χ0) is 15.4. The second-order valence-corrected chi connectivity index (χ2v) is 5.71. The number of para-hydroxylation sites is 1. The van der Waals surface area contributed by atoms with Crippen LogP contribution < -0.4 is 5.32 Å². The third-order valence-electron chi connectivity index (χ3n) is 3.75. The number of carboxylic acid groups (broad SMARTS) is 1. The number of nitrogens with zero attached hydrogens (tertiary/aromatic N) is 1. The number of halogens is 1. The summed E-state index contributed by atoms with van der Waals surface area (Å²) in [6.45, 7) is 2.44. The number of anilines is 1. The molecule has 1 saturated heterocycles. The van der Waals surface area contributed by atoms with Gasteiger partial charge < -0.3 is 15.3 Å². The highest BCUT2D eigenvalue weighted by Crippen LogP contribution is 2.27. The van der Waals surface area contributed by atoms with Gasteiger partial charge >= 0.3 is 12.0 Å². The molecule has 0 spiro atoms. The lowest BCUT2D eigenvalue weighted by molar-refractivity contribution is -0.138. The van der Waals surface area contributed by atoms with Crippen molar-refractivity contribution in [2.24, 2.45) is 0 Å². The molecule has 1 aromatic carbocycles. The van der Waals surface area contributed by atoms with E-state index in [1.165, 1.54) is 0 Å². The van der Waals surface area contributed by atoms with Gasteiger partial charge in [0, 0.05) is 12.6 Å². The molecule has 114 valence electrons. The van der Waals surface area contributed by atoms with Crippen molar-refractivity contribution in [1.29, 1.82) is 0 Å². The lowest BCUT2D eigenvalue weighted by Crippen LogP contribution is -2.46. The average Bonchev–Trinajstić information content (AvgIpc) is 2.43. The Bertz CT molecular complexity index is 527. The Morgan fingerprint density at radius 1 is 1.43 bits per heavy atom. The Kier molecular flexibility index (Phi) is 5.07. The molecule has 5 nitrogen and oxygen atoms in total. The van der Waals surface area contributed by atoms with E-state index in [0.29, 0.717) is 17.3 Å². The molecule has 2 rings (SSSR count). The molecule has 1 heterocycles. The van der Waals surface area contributed by atoms with Crippen LogP contribution in [-0.2, 0) is 4.79 Å². The summed E-state index contributed by atoms with van der Waals surface area (Å²) in [5.41, 5.74) is 1.46. The number of piperidine rings is 1. The average molecular weight is 311 g/mol. The van der Waals surface area contributed by atoms with Crippen molar-refractivity contribution in [3.05, 3.63) is 28.8 Å². The van der Waals surface area contributed by atoms with Crippen LogP contribution in [0.4, 0.5) is 10.5 Å². The second kappa shape index (κ2) is 6.80. The fourth-order valence-electron chi connectivity index (χ4n) is 2.65. The first-order valence-corrected chi connectivity index (χ1v) is 7.41. The van der Waals surface area contributed by atoms with Crippen LogP contribution in [0.25, 0.3) is 0 Å². The highest BCUT2D eigenvalue weighted by Gasteiger charge is 2.28. The van der Waals surface area contributed by atoms with Crippen molar-refractivity contribution in [2.45, 2.75) is 38.6 Å². The van der Waals surface area contributed by atoms with Crippen LogP contribution in [0.3, 0.4) is 0 Å². The van der Waals surface area contributed by atoms with E-state index in [2.05, 4.69) is 5.32 Å². The van der Waals surface area contributed by atoms with E-state index in [0.717, 1.165) is 24.8 Å². The van der Waals surface area contributed by atoms with Crippen molar-refractivity contribution in [3.8, 4) is 0 Å². The first-order valence-electron chi connectivity index (χ1n) is 7.03. The minimum Gasteiger partial charge on any atom is -0.481 e. The summed E-state index contributed by atoms with van der Waals surface area (Å²) in [4.78, 5) is 25.0. The van der Waals surface area contributed by atoms with Crippen molar-refractivity contribution < 1.29 is 14.7 Å². The fraction of sp³-hybridized carbons (Fsp3) is 0.467. The molecule has 0 aromatic heterocycles. The molecule has 1 aliphatic rings.